The second kappa shape index (κ2) is 3.88. The van der Waals surface area contributed by atoms with E-state index in [1.54, 1.807) is 6.29 Å². The van der Waals surface area contributed by atoms with E-state index >= 15 is 0 Å². The first-order chi connectivity index (χ1) is 5.38. The summed E-state index contributed by atoms with van der Waals surface area (Å²) >= 11 is 0. The molecule has 11 heavy (non-hydrogen) atoms. The molecule has 2 heteroatoms. The smallest absolute Gasteiger partial charge is 0.234 e. The van der Waals surface area contributed by atoms with E-state index < -0.39 is 6.10 Å². The van der Waals surface area contributed by atoms with Gasteiger partial charge in [0.25, 0.3) is 0 Å². The van der Waals surface area contributed by atoms with Crippen molar-refractivity contribution in [3.05, 3.63) is 35.9 Å². The van der Waals surface area contributed by atoms with Gasteiger partial charge >= 0.3 is 0 Å². The lowest BCUT2D eigenvalue weighted by Gasteiger charge is -2.05. The minimum atomic E-state index is -0.545. The largest absolute Gasteiger partial charge is 0.368 e. The Balaban J connectivity index is 2.82. The summed E-state index contributed by atoms with van der Waals surface area (Å²) in [5.74, 6) is 0. The molecule has 1 unspecified atom stereocenters. The van der Waals surface area contributed by atoms with Crippen molar-refractivity contribution in [3.63, 3.8) is 0 Å². The fourth-order valence-electron chi connectivity index (χ4n) is 0.880. The summed E-state index contributed by atoms with van der Waals surface area (Å²) in [6.45, 7) is 0. The number of ether oxygens (including phenoxy) is 1. The SMILES string of the molecule is COC([C]=O)c1ccccc1. The molecule has 0 heterocycles. The van der Waals surface area contributed by atoms with Crippen LogP contribution in [0.1, 0.15) is 11.7 Å². The number of hydrogen-bond acceptors (Lipinski definition) is 2. The second-order valence-corrected chi connectivity index (χ2v) is 2.14. The molecule has 0 fully saturated rings. The van der Waals surface area contributed by atoms with E-state index in [1.807, 2.05) is 30.3 Å². The van der Waals surface area contributed by atoms with Crippen LogP contribution < -0.4 is 0 Å². The lowest BCUT2D eigenvalue weighted by molar-refractivity contribution is 0.154. The summed E-state index contributed by atoms with van der Waals surface area (Å²) in [5.41, 5.74) is 0.838. The van der Waals surface area contributed by atoms with Crippen LogP contribution in [0.4, 0.5) is 0 Å². The van der Waals surface area contributed by atoms with Gasteiger partial charge in [-0.25, -0.2) is 0 Å². The Kier molecular flexibility index (Phi) is 2.81. The molecule has 1 atom stereocenters. The molecule has 1 aromatic carbocycles. The Morgan fingerprint density at radius 2 is 2.00 bits per heavy atom. The van der Waals surface area contributed by atoms with E-state index in [0.29, 0.717) is 0 Å². The van der Waals surface area contributed by atoms with Gasteiger partial charge in [-0.3, -0.25) is 4.79 Å². The zero-order valence-corrected chi connectivity index (χ0v) is 6.28. The van der Waals surface area contributed by atoms with Gasteiger partial charge in [0, 0.05) is 7.11 Å². The topological polar surface area (TPSA) is 26.3 Å². The maximum absolute atomic E-state index is 10.3. The highest BCUT2D eigenvalue weighted by Gasteiger charge is 2.07. The average molecular weight is 149 g/mol. The van der Waals surface area contributed by atoms with E-state index in [0.717, 1.165) is 5.56 Å². The third-order valence-electron chi connectivity index (χ3n) is 1.45. The molecular weight excluding hydrogens is 140 g/mol. The molecule has 0 aliphatic rings. The van der Waals surface area contributed by atoms with Crippen molar-refractivity contribution in [2.75, 3.05) is 7.11 Å². The number of methoxy groups -OCH3 is 1. The molecular formula is C9H9O2. The van der Waals surface area contributed by atoms with Gasteiger partial charge < -0.3 is 4.74 Å². The van der Waals surface area contributed by atoms with Crippen LogP contribution in [-0.2, 0) is 9.53 Å². The highest BCUT2D eigenvalue weighted by atomic mass is 16.5. The third kappa shape index (κ3) is 1.88. The normalized spacial score (nSPS) is 12.5. The van der Waals surface area contributed by atoms with Crippen LogP contribution in [0, 0.1) is 0 Å². The molecule has 1 aromatic rings. The van der Waals surface area contributed by atoms with Crippen molar-refractivity contribution >= 4 is 6.29 Å². The molecule has 0 bridgehead atoms. The molecule has 0 aromatic heterocycles. The van der Waals surface area contributed by atoms with Crippen LogP contribution in [0.25, 0.3) is 0 Å². The maximum atomic E-state index is 10.3. The zero-order valence-electron chi connectivity index (χ0n) is 6.28. The van der Waals surface area contributed by atoms with Gasteiger partial charge in [0.1, 0.15) is 6.10 Å². The van der Waals surface area contributed by atoms with Gasteiger partial charge in [-0.1, -0.05) is 30.3 Å². The molecule has 0 N–H and O–H groups in total. The fraction of sp³-hybridized carbons (Fsp3) is 0.222. The van der Waals surface area contributed by atoms with Crippen molar-refractivity contribution in [3.8, 4) is 0 Å². The fourth-order valence-corrected chi connectivity index (χ4v) is 0.880. The Morgan fingerprint density at radius 1 is 1.36 bits per heavy atom. The molecule has 0 aliphatic carbocycles. The Hall–Kier alpha value is -1.15. The first-order valence-corrected chi connectivity index (χ1v) is 3.34. The molecule has 0 saturated heterocycles. The number of benzene rings is 1. The maximum Gasteiger partial charge on any atom is 0.234 e. The zero-order chi connectivity index (χ0) is 8.10. The van der Waals surface area contributed by atoms with Gasteiger partial charge in [0.05, 0.1) is 0 Å². The van der Waals surface area contributed by atoms with Crippen molar-refractivity contribution < 1.29 is 9.53 Å². The molecule has 1 rings (SSSR count). The second-order valence-electron chi connectivity index (χ2n) is 2.14. The highest BCUT2D eigenvalue weighted by Crippen LogP contribution is 2.12. The van der Waals surface area contributed by atoms with Crippen LogP contribution in [-0.4, -0.2) is 13.4 Å². The number of carbonyl (C=O) groups excluding carboxylic acids is 1. The first-order valence-electron chi connectivity index (χ1n) is 3.34. The lowest BCUT2D eigenvalue weighted by atomic mass is 10.1. The predicted molar refractivity (Wildman–Crippen MR) is 41.9 cm³/mol. The van der Waals surface area contributed by atoms with Crippen LogP contribution in [0.2, 0.25) is 0 Å². The van der Waals surface area contributed by atoms with Crippen LogP contribution in [0.5, 0.6) is 0 Å². The third-order valence-corrected chi connectivity index (χ3v) is 1.45. The Morgan fingerprint density at radius 3 is 2.45 bits per heavy atom. The van der Waals surface area contributed by atoms with Gasteiger partial charge in [0.2, 0.25) is 6.29 Å². The Labute approximate surface area is 65.8 Å². The van der Waals surface area contributed by atoms with E-state index in [2.05, 4.69) is 0 Å². The van der Waals surface area contributed by atoms with Crippen molar-refractivity contribution in [2.24, 2.45) is 0 Å². The van der Waals surface area contributed by atoms with Crippen LogP contribution in [0.15, 0.2) is 30.3 Å². The monoisotopic (exact) mass is 149 g/mol. The quantitative estimate of drug-likeness (QED) is 0.650. The van der Waals surface area contributed by atoms with Crippen molar-refractivity contribution in [1.82, 2.24) is 0 Å². The number of hydrogen-bond donors (Lipinski definition) is 0. The highest BCUT2D eigenvalue weighted by molar-refractivity contribution is 5.60. The van der Waals surface area contributed by atoms with Crippen LogP contribution >= 0.6 is 0 Å². The molecule has 0 spiro atoms. The van der Waals surface area contributed by atoms with E-state index in [4.69, 9.17) is 4.74 Å². The van der Waals surface area contributed by atoms with E-state index in [-0.39, 0.29) is 0 Å². The van der Waals surface area contributed by atoms with Crippen molar-refractivity contribution in [1.29, 1.82) is 0 Å². The minimum Gasteiger partial charge on any atom is -0.368 e. The number of rotatable bonds is 3. The first kappa shape index (κ1) is 7.95. The predicted octanol–water partition coefficient (Wildman–Crippen LogP) is 1.48. The standard InChI is InChI=1S/C9H9O2/c1-11-9(7-10)8-5-3-2-4-6-8/h2-6,9H,1H3. The summed E-state index contributed by atoms with van der Waals surface area (Å²) < 4.78 is 4.86. The van der Waals surface area contributed by atoms with E-state index in [9.17, 15) is 4.79 Å². The van der Waals surface area contributed by atoms with Crippen molar-refractivity contribution in [2.45, 2.75) is 6.10 Å². The lowest BCUT2D eigenvalue weighted by Crippen LogP contribution is -2.01. The summed E-state index contributed by atoms with van der Waals surface area (Å²) in [7, 11) is 1.49. The summed E-state index contributed by atoms with van der Waals surface area (Å²) in [6, 6.07) is 9.27. The summed E-state index contributed by atoms with van der Waals surface area (Å²) in [4.78, 5) is 10.3. The Bertz CT molecular complexity index is 218. The van der Waals surface area contributed by atoms with Gasteiger partial charge in [-0.05, 0) is 5.56 Å². The molecule has 57 valence electrons. The van der Waals surface area contributed by atoms with Crippen LogP contribution in [0.3, 0.4) is 0 Å². The molecule has 0 amide bonds. The molecule has 0 saturated carbocycles. The van der Waals surface area contributed by atoms with E-state index in [1.165, 1.54) is 7.11 Å². The molecule has 1 radical (unpaired) electrons. The summed E-state index contributed by atoms with van der Waals surface area (Å²) in [6.07, 6.45) is 1.25. The van der Waals surface area contributed by atoms with Gasteiger partial charge in [0.15, 0.2) is 0 Å². The minimum absolute atomic E-state index is 0.545. The van der Waals surface area contributed by atoms with Gasteiger partial charge in [-0.2, -0.15) is 0 Å². The van der Waals surface area contributed by atoms with Gasteiger partial charge in [-0.15, -0.1) is 0 Å². The summed E-state index contributed by atoms with van der Waals surface area (Å²) in [5, 5.41) is 0. The molecule has 2 nitrogen and oxygen atoms in total. The molecule has 0 aliphatic heterocycles. The average Bonchev–Trinajstić information content (AvgIpc) is 2.09.